The second kappa shape index (κ2) is 13.1. The molecular formula is C53H32N4S. The van der Waals surface area contributed by atoms with Gasteiger partial charge < -0.3 is 4.57 Å². The quantitative estimate of drug-likeness (QED) is 0.176. The van der Waals surface area contributed by atoms with Gasteiger partial charge in [-0.1, -0.05) is 133 Å². The molecule has 270 valence electrons. The zero-order valence-corrected chi connectivity index (χ0v) is 32.0. The molecule has 0 unspecified atom stereocenters. The number of hydrogen-bond donors (Lipinski definition) is 0. The average Bonchev–Trinajstić information content (AvgIpc) is 3.81. The molecule has 0 spiro atoms. The normalized spacial score (nSPS) is 11.8. The third kappa shape index (κ3) is 5.32. The summed E-state index contributed by atoms with van der Waals surface area (Å²) in [6, 6.07) is 69.5. The Balaban J connectivity index is 1.17. The van der Waals surface area contributed by atoms with E-state index in [1.807, 2.05) is 47.7 Å². The predicted octanol–water partition coefficient (Wildman–Crippen LogP) is 14.3. The van der Waals surface area contributed by atoms with E-state index in [4.69, 9.17) is 15.0 Å². The third-order valence-electron chi connectivity index (χ3n) is 11.4. The Labute approximate surface area is 338 Å². The van der Waals surface area contributed by atoms with Crippen molar-refractivity contribution in [2.75, 3.05) is 0 Å². The lowest BCUT2D eigenvalue weighted by molar-refractivity contribution is 1.07. The molecule has 5 heteroatoms. The zero-order valence-electron chi connectivity index (χ0n) is 31.2. The summed E-state index contributed by atoms with van der Waals surface area (Å²) in [5.41, 5.74) is 8.45. The molecule has 0 atom stereocenters. The first-order valence-electron chi connectivity index (χ1n) is 19.5. The average molecular weight is 757 g/mol. The number of hydrogen-bond acceptors (Lipinski definition) is 4. The zero-order chi connectivity index (χ0) is 38.2. The van der Waals surface area contributed by atoms with Crippen LogP contribution in [0.25, 0.3) is 115 Å². The van der Waals surface area contributed by atoms with Crippen molar-refractivity contribution in [2.24, 2.45) is 0 Å². The van der Waals surface area contributed by atoms with Gasteiger partial charge in [0.2, 0.25) is 0 Å². The van der Waals surface area contributed by atoms with Crippen LogP contribution in [0.4, 0.5) is 0 Å². The van der Waals surface area contributed by atoms with Crippen LogP contribution in [0.2, 0.25) is 0 Å². The van der Waals surface area contributed by atoms with E-state index in [1.165, 1.54) is 52.5 Å². The third-order valence-corrected chi connectivity index (χ3v) is 12.5. The number of benzene rings is 9. The van der Waals surface area contributed by atoms with Crippen LogP contribution in [-0.2, 0) is 0 Å². The first-order valence-corrected chi connectivity index (χ1v) is 20.3. The monoisotopic (exact) mass is 756 g/mol. The van der Waals surface area contributed by atoms with Crippen molar-refractivity contribution in [1.29, 1.82) is 0 Å². The fourth-order valence-corrected chi connectivity index (χ4v) is 9.67. The predicted molar refractivity (Wildman–Crippen MR) is 244 cm³/mol. The van der Waals surface area contributed by atoms with E-state index >= 15 is 0 Å². The molecule has 0 saturated heterocycles. The largest absolute Gasteiger partial charge is 0.309 e. The van der Waals surface area contributed by atoms with Gasteiger partial charge in [0.1, 0.15) is 0 Å². The summed E-state index contributed by atoms with van der Waals surface area (Å²) < 4.78 is 5.03. The minimum atomic E-state index is 0.627. The maximum absolute atomic E-state index is 5.15. The summed E-state index contributed by atoms with van der Waals surface area (Å²) in [5.74, 6) is 1.91. The molecule has 4 nitrogen and oxygen atoms in total. The molecule has 0 bridgehead atoms. The van der Waals surface area contributed by atoms with Crippen LogP contribution >= 0.6 is 11.3 Å². The highest BCUT2D eigenvalue weighted by Crippen LogP contribution is 2.43. The van der Waals surface area contributed by atoms with Gasteiger partial charge in [0.15, 0.2) is 17.5 Å². The Morgan fingerprint density at radius 2 is 0.810 bits per heavy atom. The summed E-state index contributed by atoms with van der Waals surface area (Å²) in [5, 5.41) is 9.86. The lowest BCUT2D eigenvalue weighted by Crippen LogP contribution is -2.02. The summed E-state index contributed by atoms with van der Waals surface area (Å²) in [4.78, 5) is 15.3. The van der Waals surface area contributed by atoms with E-state index in [0.717, 1.165) is 44.5 Å². The molecular weight excluding hydrogens is 725 g/mol. The minimum absolute atomic E-state index is 0.627. The molecule has 0 aliphatic rings. The van der Waals surface area contributed by atoms with Crippen molar-refractivity contribution < 1.29 is 0 Å². The Hall–Kier alpha value is -7.47. The molecule has 3 heterocycles. The Kier molecular flexibility index (Phi) is 7.37. The summed E-state index contributed by atoms with van der Waals surface area (Å²) in [6.45, 7) is 0. The molecule has 0 aliphatic carbocycles. The smallest absolute Gasteiger partial charge is 0.164 e. The van der Waals surface area contributed by atoms with E-state index in [9.17, 15) is 0 Å². The van der Waals surface area contributed by atoms with Crippen molar-refractivity contribution >= 4 is 74.9 Å². The van der Waals surface area contributed by atoms with Crippen LogP contribution in [-0.4, -0.2) is 19.5 Å². The van der Waals surface area contributed by atoms with Gasteiger partial charge in [-0.25, -0.2) is 15.0 Å². The first kappa shape index (κ1) is 32.7. The highest BCUT2D eigenvalue weighted by molar-refractivity contribution is 7.25. The number of fused-ring (bicyclic) bond motifs is 8. The minimum Gasteiger partial charge on any atom is -0.309 e. The van der Waals surface area contributed by atoms with Crippen molar-refractivity contribution in [3.63, 3.8) is 0 Å². The van der Waals surface area contributed by atoms with Crippen LogP contribution in [0.15, 0.2) is 194 Å². The maximum atomic E-state index is 5.15. The lowest BCUT2D eigenvalue weighted by Gasteiger charge is -2.17. The van der Waals surface area contributed by atoms with Gasteiger partial charge in [-0.05, 0) is 87.8 Å². The van der Waals surface area contributed by atoms with Gasteiger partial charge in [-0.15, -0.1) is 11.3 Å². The van der Waals surface area contributed by atoms with Gasteiger partial charge >= 0.3 is 0 Å². The van der Waals surface area contributed by atoms with Gasteiger partial charge in [-0.3, -0.25) is 0 Å². The SMILES string of the molecule is c1ccc(-c2nc(-c3ccccc3)nc(-c3ccc(-n4c5cc6ccccc6cc5c5cc6ccccc6cc54)c(-c4ccc5sc6ccccc6c5c4)c3)n2)cc1. The summed E-state index contributed by atoms with van der Waals surface area (Å²) in [6.07, 6.45) is 0. The number of aromatic nitrogens is 4. The van der Waals surface area contributed by atoms with Crippen LogP contribution in [0.1, 0.15) is 0 Å². The first-order chi connectivity index (χ1) is 28.7. The molecule has 0 fully saturated rings. The number of nitrogens with zero attached hydrogens (tertiary/aromatic N) is 4. The molecule has 0 saturated carbocycles. The van der Waals surface area contributed by atoms with E-state index in [-0.39, 0.29) is 0 Å². The maximum Gasteiger partial charge on any atom is 0.164 e. The molecule has 0 amide bonds. The molecule has 0 aliphatic heterocycles. The van der Waals surface area contributed by atoms with Gasteiger partial charge in [0, 0.05) is 53.2 Å². The van der Waals surface area contributed by atoms with Crippen LogP contribution in [0, 0.1) is 0 Å². The Bertz CT molecular complexity index is 3420. The second-order valence-electron chi connectivity index (χ2n) is 14.8. The van der Waals surface area contributed by atoms with Crippen LogP contribution in [0.3, 0.4) is 0 Å². The van der Waals surface area contributed by atoms with Gasteiger partial charge in [0.05, 0.1) is 16.7 Å². The standard InChI is InChI=1S/C53H32N4S/c1-3-13-33(14-4-1)51-54-52(34-15-5-2-6-16-34)56-53(55-51)40-23-25-46(42(30-40)39-24-26-50-45(29-39)41-21-11-12-22-49(41)58-50)57-47-31-37-19-9-7-17-35(37)27-43(47)44-28-36-18-8-10-20-38(36)32-48(44)57/h1-32H. The molecule has 58 heavy (non-hydrogen) atoms. The molecule has 3 aromatic heterocycles. The molecule has 12 aromatic rings. The molecule has 0 radical (unpaired) electrons. The molecule has 9 aromatic carbocycles. The highest BCUT2D eigenvalue weighted by atomic mass is 32.1. The molecule has 0 N–H and O–H groups in total. The van der Waals surface area contributed by atoms with Crippen molar-refractivity contribution in [1.82, 2.24) is 19.5 Å². The summed E-state index contributed by atoms with van der Waals surface area (Å²) >= 11 is 1.84. The van der Waals surface area contributed by atoms with Crippen molar-refractivity contribution in [3.8, 4) is 51.0 Å². The number of thiophene rings is 1. The fraction of sp³-hybridized carbons (Fsp3) is 0. The van der Waals surface area contributed by atoms with E-state index in [1.54, 1.807) is 0 Å². The Morgan fingerprint density at radius 1 is 0.328 bits per heavy atom. The topological polar surface area (TPSA) is 43.6 Å². The van der Waals surface area contributed by atoms with Crippen LogP contribution in [0.5, 0.6) is 0 Å². The van der Waals surface area contributed by atoms with Gasteiger partial charge in [-0.2, -0.15) is 0 Å². The van der Waals surface area contributed by atoms with Crippen molar-refractivity contribution in [2.45, 2.75) is 0 Å². The van der Waals surface area contributed by atoms with Crippen LogP contribution < -0.4 is 0 Å². The van der Waals surface area contributed by atoms with E-state index in [2.05, 4.69) is 162 Å². The lowest BCUT2D eigenvalue weighted by atomic mass is 9.98. The van der Waals surface area contributed by atoms with E-state index in [0.29, 0.717) is 17.5 Å². The molecule has 12 rings (SSSR count). The van der Waals surface area contributed by atoms with Crippen molar-refractivity contribution in [3.05, 3.63) is 194 Å². The van der Waals surface area contributed by atoms with E-state index < -0.39 is 0 Å². The highest BCUT2D eigenvalue weighted by Gasteiger charge is 2.21. The van der Waals surface area contributed by atoms with Gasteiger partial charge in [0.25, 0.3) is 0 Å². The Morgan fingerprint density at radius 3 is 1.41 bits per heavy atom. The second-order valence-corrected chi connectivity index (χ2v) is 15.9. The fourth-order valence-electron chi connectivity index (χ4n) is 8.58. The summed E-state index contributed by atoms with van der Waals surface area (Å²) in [7, 11) is 0. The number of rotatable bonds is 5.